The molecule has 0 bridgehead atoms. The second-order valence-corrected chi connectivity index (χ2v) is 10.6. The van der Waals surface area contributed by atoms with Gasteiger partial charge >= 0.3 is 0 Å². The standard InChI is InChI=1S/C18H27N3O2.C11H13NO.C2H6.C2H4.3H2/c1-18(2,3)16(20-15(22)11-19-4)17(23)21-10-9-13-7-5-6-8-14(13)12-21;13-8-12-11-7-3-5-9-4-1-2-6-10(9)11;2*1-2;;;/h5-8,16,19H,9-12H2,1-4H3,(H,20,22);1-2,4,6,8,11H,3,5,7H2,(H,12,13);1-2H3;1-2H2;3*1H/t16-;11-;;;;;/m10...../s1. The number of nitrogens with zero attached hydrogens (tertiary/aromatic N) is 1. The molecule has 4 rings (SSSR count). The maximum atomic E-state index is 13.0. The Morgan fingerprint density at radius 1 is 1.02 bits per heavy atom. The van der Waals surface area contributed by atoms with Crippen molar-refractivity contribution in [3.63, 3.8) is 0 Å². The van der Waals surface area contributed by atoms with E-state index in [4.69, 9.17) is 0 Å². The fourth-order valence-electron chi connectivity index (χ4n) is 4.90. The summed E-state index contributed by atoms with van der Waals surface area (Å²) in [5.41, 5.74) is 4.84. The molecule has 0 radical (unpaired) electrons. The van der Waals surface area contributed by atoms with Gasteiger partial charge in [0.1, 0.15) is 6.04 Å². The molecular weight excluding hydrogens is 500 g/mol. The molecule has 0 spiro atoms. The molecule has 1 heterocycles. The molecule has 1 aliphatic heterocycles. The fourth-order valence-corrected chi connectivity index (χ4v) is 4.90. The summed E-state index contributed by atoms with van der Waals surface area (Å²) in [6.45, 7) is 17.5. The van der Waals surface area contributed by atoms with Crippen LogP contribution in [0.5, 0.6) is 0 Å². The van der Waals surface area contributed by atoms with Crippen molar-refractivity contribution in [1.29, 1.82) is 0 Å². The summed E-state index contributed by atoms with van der Waals surface area (Å²) in [6.07, 6.45) is 5.04. The number of aryl methyl sites for hydroxylation is 1. The van der Waals surface area contributed by atoms with E-state index in [1.54, 1.807) is 7.05 Å². The van der Waals surface area contributed by atoms with Crippen LogP contribution in [-0.2, 0) is 33.8 Å². The van der Waals surface area contributed by atoms with Crippen molar-refractivity contribution >= 4 is 18.2 Å². The molecule has 0 aromatic heterocycles. The number of carbonyl (C=O) groups is 3. The fraction of sp³-hybridized carbons (Fsp3) is 0.485. The molecule has 2 atom stereocenters. The van der Waals surface area contributed by atoms with Crippen LogP contribution in [-0.4, -0.2) is 49.3 Å². The zero-order valence-corrected chi connectivity index (χ0v) is 25.4. The highest BCUT2D eigenvalue weighted by molar-refractivity contribution is 5.89. The molecule has 2 aromatic carbocycles. The third-order valence-electron chi connectivity index (χ3n) is 6.84. The lowest BCUT2D eigenvalue weighted by molar-refractivity contribution is -0.140. The Balaban J connectivity index is -0.000000686. The van der Waals surface area contributed by atoms with Gasteiger partial charge in [0.05, 0.1) is 12.6 Å². The summed E-state index contributed by atoms with van der Waals surface area (Å²) in [5, 5.41) is 8.57. The summed E-state index contributed by atoms with van der Waals surface area (Å²) in [7, 11) is 1.72. The highest BCUT2D eigenvalue weighted by atomic mass is 16.2. The van der Waals surface area contributed by atoms with E-state index < -0.39 is 6.04 Å². The third kappa shape index (κ3) is 10.3. The lowest BCUT2D eigenvalue weighted by Gasteiger charge is -2.37. The number of rotatable bonds is 6. The van der Waals surface area contributed by atoms with Gasteiger partial charge in [-0.2, -0.15) is 0 Å². The molecule has 3 amide bonds. The smallest absolute Gasteiger partial charge is 0.246 e. The first-order valence-corrected chi connectivity index (χ1v) is 14.3. The van der Waals surface area contributed by atoms with Crippen LogP contribution in [0, 0.1) is 5.41 Å². The summed E-state index contributed by atoms with van der Waals surface area (Å²) >= 11 is 0. The Bertz CT molecular complexity index is 1080. The van der Waals surface area contributed by atoms with Crippen LogP contribution in [0.3, 0.4) is 0 Å². The molecule has 40 heavy (non-hydrogen) atoms. The molecule has 1 aliphatic carbocycles. The van der Waals surface area contributed by atoms with Crippen LogP contribution in [0.25, 0.3) is 0 Å². The SMILES string of the molecule is C=C.CC.CNCC(=O)N[C@H](C(=O)N1CCc2ccccc2C1)C(C)(C)C.O=CN[C@H]1CCCc2ccccc21.[HH].[HH].[HH]. The van der Waals surface area contributed by atoms with E-state index in [1.165, 1.54) is 28.7 Å². The first-order valence-electron chi connectivity index (χ1n) is 14.3. The van der Waals surface area contributed by atoms with Gasteiger partial charge < -0.3 is 20.9 Å². The van der Waals surface area contributed by atoms with Gasteiger partial charge in [0.15, 0.2) is 0 Å². The van der Waals surface area contributed by atoms with Crippen LogP contribution < -0.4 is 16.0 Å². The quantitative estimate of drug-likeness (QED) is 0.315. The summed E-state index contributed by atoms with van der Waals surface area (Å²) in [6, 6.07) is 16.3. The molecule has 3 N–H and O–H groups in total. The molecule has 226 valence electrons. The predicted molar refractivity (Wildman–Crippen MR) is 171 cm³/mol. The lowest BCUT2D eigenvalue weighted by Crippen LogP contribution is -2.56. The van der Waals surface area contributed by atoms with Crippen LogP contribution in [0.1, 0.15) is 80.0 Å². The van der Waals surface area contributed by atoms with Gasteiger partial charge in [-0.15, -0.1) is 13.2 Å². The summed E-state index contributed by atoms with van der Waals surface area (Å²) in [5.74, 6) is -0.158. The monoisotopic (exact) mass is 556 g/mol. The lowest BCUT2D eigenvalue weighted by atomic mass is 9.85. The van der Waals surface area contributed by atoms with Crippen LogP contribution in [0.4, 0.5) is 0 Å². The van der Waals surface area contributed by atoms with Crippen molar-refractivity contribution in [2.24, 2.45) is 5.41 Å². The van der Waals surface area contributed by atoms with Crippen LogP contribution >= 0.6 is 0 Å². The minimum Gasteiger partial charge on any atom is -0.352 e. The molecule has 2 aliphatic rings. The summed E-state index contributed by atoms with van der Waals surface area (Å²) in [4.78, 5) is 37.2. The van der Waals surface area contributed by atoms with Gasteiger partial charge in [0, 0.05) is 17.4 Å². The van der Waals surface area contributed by atoms with Crippen molar-refractivity contribution in [2.45, 2.75) is 78.9 Å². The van der Waals surface area contributed by atoms with E-state index in [0.29, 0.717) is 13.1 Å². The molecule has 0 saturated carbocycles. The van der Waals surface area contributed by atoms with Crippen molar-refractivity contribution in [2.75, 3.05) is 20.1 Å². The number of likely N-dealkylation sites (N-methyl/N-ethyl adjacent to an activating group) is 1. The second-order valence-electron chi connectivity index (χ2n) is 10.6. The van der Waals surface area contributed by atoms with Gasteiger partial charge in [-0.25, -0.2) is 0 Å². The Kier molecular flexibility index (Phi) is 15.6. The Morgan fingerprint density at radius 3 is 2.23 bits per heavy atom. The normalized spacial score (nSPS) is 15.9. The van der Waals surface area contributed by atoms with Gasteiger partial charge in [-0.05, 0) is 60.4 Å². The summed E-state index contributed by atoms with van der Waals surface area (Å²) < 4.78 is 0. The zero-order valence-electron chi connectivity index (χ0n) is 25.4. The average molecular weight is 557 g/mol. The van der Waals surface area contributed by atoms with E-state index >= 15 is 0 Å². The van der Waals surface area contributed by atoms with E-state index in [9.17, 15) is 14.4 Å². The van der Waals surface area contributed by atoms with E-state index in [2.05, 4.69) is 59.4 Å². The zero-order chi connectivity index (χ0) is 30.1. The maximum absolute atomic E-state index is 13.0. The van der Waals surface area contributed by atoms with Crippen LogP contribution in [0.2, 0.25) is 0 Å². The molecule has 0 unspecified atom stereocenters. The number of amides is 3. The highest BCUT2D eigenvalue weighted by Gasteiger charge is 2.36. The van der Waals surface area contributed by atoms with Crippen molar-refractivity contribution < 1.29 is 18.7 Å². The minimum atomic E-state index is -0.520. The van der Waals surface area contributed by atoms with Crippen molar-refractivity contribution in [3.05, 3.63) is 83.9 Å². The number of benzene rings is 2. The van der Waals surface area contributed by atoms with E-state index in [1.807, 2.05) is 57.7 Å². The topological polar surface area (TPSA) is 90.5 Å². The van der Waals surface area contributed by atoms with Crippen LogP contribution in [0.15, 0.2) is 61.7 Å². The average Bonchev–Trinajstić information content (AvgIpc) is 2.98. The Morgan fingerprint density at radius 2 is 1.62 bits per heavy atom. The first kappa shape index (κ1) is 34.6. The number of nitrogens with one attached hydrogen (secondary N) is 3. The second kappa shape index (κ2) is 18.0. The largest absolute Gasteiger partial charge is 0.352 e. The molecule has 2 aromatic rings. The molecule has 7 nitrogen and oxygen atoms in total. The number of hydrogen-bond acceptors (Lipinski definition) is 4. The van der Waals surface area contributed by atoms with Gasteiger partial charge in [-0.1, -0.05) is 83.1 Å². The van der Waals surface area contributed by atoms with E-state index in [-0.39, 0.29) is 34.1 Å². The predicted octanol–water partition coefficient (Wildman–Crippen LogP) is 5.70. The number of hydrogen-bond donors (Lipinski definition) is 3. The molecular formula is C33H56N4O3. The molecule has 0 fully saturated rings. The molecule has 7 heteroatoms. The van der Waals surface area contributed by atoms with Gasteiger partial charge in [-0.3, -0.25) is 14.4 Å². The molecule has 0 saturated heterocycles. The van der Waals surface area contributed by atoms with Crippen molar-refractivity contribution in [3.8, 4) is 0 Å². The maximum Gasteiger partial charge on any atom is 0.246 e. The van der Waals surface area contributed by atoms with E-state index in [0.717, 1.165) is 25.7 Å². The van der Waals surface area contributed by atoms with Crippen molar-refractivity contribution in [1.82, 2.24) is 20.9 Å². The third-order valence-corrected chi connectivity index (χ3v) is 6.84. The Hall–Kier alpha value is -3.45. The number of fused-ring (bicyclic) bond motifs is 2. The minimum absolute atomic E-state index is 0. The highest BCUT2D eigenvalue weighted by Crippen LogP contribution is 2.29. The Labute approximate surface area is 246 Å². The van der Waals surface area contributed by atoms with Gasteiger partial charge in [0.2, 0.25) is 18.2 Å². The number of carbonyl (C=O) groups excluding carboxylic acids is 3. The van der Waals surface area contributed by atoms with Gasteiger partial charge in [0.25, 0.3) is 0 Å². The first-order chi connectivity index (χ1) is 19.2.